The van der Waals surface area contributed by atoms with Crippen LogP contribution in [0.4, 0.5) is 15.8 Å². The number of nitrogens with one attached hydrogen (secondary N) is 1. The van der Waals surface area contributed by atoms with Crippen LogP contribution in [0.15, 0.2) is 114 Å². The number of rotatable bonds is 14. The van der Waals surface area contributed by atoms with Crippen molar-refractivity contribution in [2.24, 2.45) is 5.92 Å². The summed E-state index contributed by atoms with van der Waals surface area (Å²) < 4.78 is 42.6. The van der Waals surface area contributed by atoms with Crippen LogP contribution in [0.5, 0.6) is 0 Å². The van der Waals surface area contributed by atoms with Crippen molar-refractivity contribution in [3.63, 3.8) is 0 Å². The molecule has 10 nitrogen and oxygen atoms in total. The summed E-state index contributed by atoms with van der Waals surface area (Å²) in [6, 6.07) is 25.8. The minimum Gasteiger partial charge on any atom is -0.354 e. The maximum Gasteiger partial charge on any atom is 0.269 e. The zero-order valence-electron chi connectivity index (χ0n) is 25.5. The monoisotopic (exact) mass is 646 g/mol. The first-order chi connectivity index (χ1) is 22.0. The molecule has 0 aliphatic rings. The number of anilines is 1. The molecular weight excluding hydrogens is 611 g/mol. The normalized spacial score (nSPS) is 11.9. The van der Waals surface area contributed by atoms with E-state index >= 15 is 0 Å². The van der Waals surface area contributed by atoms with Gasteiger partial charge in [-0.15, -0.1) is 0 Å². The fourth-order valence-corrected chi connectivity index (χ4v) is 6.19. The van der Waals surface area contributed by atoms with Crippen molar-refractivity contribution in [2.45, 2.75) is 37.8 Å². The molecule has 4 rings (SSSR count). The average Bonchev–Trinajstić information content (AvgIpc) is 3.05. The van der Waals surface area contributed by atoms with Crippen LogP contribution >= 0.6 is 0 Å². The number of amides is 2. The molecule has 1 N–H and O–H groups in total. The first-order valence-corrected chi connectivity index (χ1v) is 16.1. The van der Waals surface area contributed by atoms with Crippen LogP contribution in [-0.4, -0.2) is 49.2 Å². The van der Waals surface area contributed by atoms with E-state index in [2.05, 4.69) is 5.32 Å². The van der Waals surface area contributed by atoms with Crippen LogP contribution in [0.3, 0.4) is 0 Å². The van der Waals surface area contributed by atoms with Gasteiger partial charge in [-0.25, -0.2) is 12.8 Å². The molecule has 2 amide bonds. The Morgan fingerprint density at radius 1 is 0.848 bits per heavy atom. The molecule has 0 bridgehead atoms. The maximum atomic E-state index is 14.4. The fourth-order valence-electron chi connectivity index (χ4n) is 4.75. The predicted octanol–water partition coefficient (Wildman–Crippen LogP) is 5.34. The quantitative estimate of drug-likeness (QED) is 0.145. The lowest BCUT2D eigenvalue weighted by molar-refractivity contribution is -0.384. The second-order valence-corrected chi connectivity index (χ2v) is 13.0. The van der Waals surface area contributed by atoms with E-state index in [4.69, 9.17) is 0 Å². The second kappa shape index (κ2) is 15.3. The number of halogens is 1. The van der Waals surface area contributed by atoms with Crippen LogP contribution in [-0.2, 0) is 32.6 Å². The summed E-state index contributed by atoms with van der Waals surface area (Å²) >= 11 is 0. The third kappa shape index (κ3) is 8.75. The summed E-state index contributed by atoms with van der Waals surface area (Å²) in [5.41, 5.74) is 1.06. The Hall–Kier alpha value is -5.10. The van der Waals surface area contributed by atoms with E-state index in [-0.39, 0.29) is 35.2 Å². The van der Waals surface area contributed by atoms with E-state index in [0.29, 0.717) is 12.1 Å². The molecule has 4 aromatic rings. The Kier molecular flexibility index (Phi) is 11.2. The van der Waals surface area contributed by atoms with Crippen molar-refractivity contribution in [3.05, 3.63) is 136 Å². The van der Waals surface area contributed by atoms with Crippen molar-refractivity contribution < 1.29 is 27.3 Å². The molecule has 1 atom stereocenters. The van der Waals surface area contributed by atoms with Crippen molar-refractivity contribution in [2.75, 3.05) is 17.4 Å². The number of benzene rings is 4. The van der Waals surface area contributed by atoms with Crippen LogP contribution in [0.1, 0.15) is 25.0 Å². The summed E-state index contributed by atoms with van der Waals surface area (Å²) in [4.78, 5) is 40.0. The van der Waals surface area contributed by atoms with Gasteiger partial charge in [0.25, 0.3) is 15.7 Å². The van der Waals surface area contributed by atoms with E-state index in [1.165, 1.54) is 53.4 Å². The molecule has 0 aliphatic heterocycles. The molecular formula is C34H35FN4O6S. The lowest BCUT2D eigenvalue weighted by Gasteiger charge is -2.34. The highest BCUT2D eigenvalue weighted by atomic mass is 32.2. The zero-order chi connectivity index (χ0) is 33.3. The molecule has 12 heteroatoms. The number of hydrogen-bond acceptors (Lipinski definition) is 6. The minimum atomic E-state index is -4.35. The van der Waals surface area contributed by atoms with Crippen molar-refractivity contribution >= 4 is 33.2 Å². The van der Waals surface area contributed by atoms with Gasteiger partial charge in [0.05, 0.1) is 15.5 Å². The molecule has 4 aromatic carbocycles. The molecule has 0 fully saturated rings. The van der Waals surface area contributed by atoms with Gasteiger partial charge in [-0.05, 0) is 53.4 Å². The van der Waals surface area contributed by atoms with Crippen molar-refractivity contribution in [3.8, 4) is 0 Å². The maximum absolute atomic E-state index is 14.4. The van der Waals surface area contributed by atoms with E-state index in [0.717, 1.165) is 22.0 Å². The van der Waals surface area contributed by atoms with Crippen LogP contribution in [0.25, 0.3) is 0 Å². The number of carbonyl (C=O) groups excluding carboxylic acids is 2. The largest absolute Gasteiger partial charge is 0.354 e. The third-order valence-electron chi connectivity index (χ3n) is 7.18. The number of nitro groups is 1. The lowest BCUT2D eigenvalue weighted by Crippen LogP contribution is -2.53. The number of nitrogens with zero attached hydrogens (tertiary/aromatic N) is 3. The Labute approximate surface area is 267 Å². The first kappa shape index (κ1) is 33.8. The number of non-ortho nitro benzene ring substituents is 1. The van der Waals surface area contributed by atoms with E-state index in [1.54, 1.807) is 18.2 Å². The number of hydrogen-bond donors (Lipinski definition) is 1. The molecule has 46 heavy (non-hydrogen) atoms. The SMILES string of the molecule is CC(C)CNC(=O)[C@@H](Cc1ccccc1)N(Cc1ccc(F)cc1)C(=O)CN(c1ccc([N+](=O)[O-])cc1)S(=O)(=O)c1ccccc1. The molecule has 240 valence electrons. The van der Waals surface area contributed by atoms with Gasteiger partial charge in [0.15, 0.2) is 0 Å². The van der Waals surface area contributed by atoms with Gasteiger partial charge < -0.3 is 10.2 Å². The minimum absolute atomic E-state index is 0.0217. The van der Waals surface area contributed by atoms with Gasteiger partial charge in [0.2, 0.25) is 11.8 Å². The fraction of sp³-hybridized carbons (Fsp3) is 0.235. The molecule has 0 aromatic heterocycles. The number of sulfonamides is 1. The highest BCUT2D eigenvalue weighted by molar-refractivity contribution is 7.92. The van der Waals surface area contributed by atoms with Gasteiger partial charge in [0, 0.05) is 31.6 Å². The lowest BCUT2D eigenvalue weighted by atomic mass is 10.0. The zero-order valence-corrected chi connectivity index (χ0v) is 26.3. The van der Waals surface area contributed by atoms with Gasteiger partial charge in [-0.1, -0.05) is 74.5 Å². The molecule has 0 unspecified atom stereocenters. The van der Waals surface area contributed by atoms with Crippen LogP contribution in [0, 0.1) is 21.8 Å². The Morgan fingerprint density at radius 2 is 1.43 bits per heavy atom. The third-order valence-corrected chi connectivity index (χ3v) is 8.97. The first-order valence-electron chi connectivity index (χ1n) is 14.6. The molecule has 0 radical (unpaired) electrons. The number of nitro benzene ring substituents is 1. The topological polar surface area (TPSA) is 130 Å². The highest BCUT2D eigenvalue weighted by Crippen LogP contribution is 2.27. The summed E-state index contributed by atoms with van der Waals surface area (Å²) in [5, 5.41) is 14.2. The summed E-state index contributed by atoms with van der Waals surface area (Å²) in [6.45, 7) is 3.37. The van der Waals surface area contributed by atoms with Crippen LogP contribution < -0.4 is 9.62 Å². The average molecular weight is 647 g/mol. The molecule has 0 heterocycles. The Bertz CT molecular complexity index is 1740. The van der Waals surface area contributed by atoms with Crippen molar-refractivity contribution in [1.29, 1.82) is 0 Å². The molecule has 0 saturated heterocycles. The molecule has 0 saturated carbocycles. The molecule has 0 spiro atoms. The smallest absolute Gasteiger partial charge is 0.269 e. The van der Waals surface area contributed by atoms with E-state index < -0.39 is 45.2 Å². The van der Waals surface area contributed by atoms with E-state index in [1.807, 2.05) is 44.2 Å². The predicted molar refractivity (Wildman–Crippen MR) is 173 cm³/mol. The highest BCUT2D eigenvalue weighted by Gasteiger charge is 2.34. The Balaban J connectivity index is 1.80. The standard InChI is InChI=1S/C34H35FN4O6S/c1-25(2)22-36-34(41)32(21-26-9-5-3-6-10-26)37(23-27-13-15-28(35)16-14-27)33(40)24-38(29-17-19-30(20-18-29)39(42)43)46(44,45)31-11-7-4-8-12-31/h3-20,25,32H,21-24H2,1-2H3,(H,36,41)/t32-/m1/s1. The second-order valence-electron chi connectivity index (χ2n) is 11.1. The van der Waals surface area contributed by atoms with Gasteiger partial charge in [-0.3, -0.25) is 24.0 Å². The molecule has 0 aliphatic carbocycles. The summed E-state index contributed by atoms with van der Waals surface area (Å²) in [6.07, 6.45) is 0.126. The van der Waals surface area contributed by atoms with Gasteiger partial charge >= 0.3 is 0 Å². The van der Waals surface area contributed by atoms with Crippen LogP contribution in [0.2, 0.25) is 0 Å². The summed E-state index contributed by atoms with van der Waals surface area (Å²) in [5.74, 6) is -1.49. The van der Waals surface area contributed by atoms with Gasteiger partial charge in [0.1, 0.15) is 18.4 Å². The summed E-state index contributed by atoms with van der Waals surface area (Å²) in [7, 11) is -4.35. The van der Waals surface area contributed by atoms with Crippen molar-refractivity contribution in [1.82, 2.24) is 10.2 Å². The van der Waals surface area contributed by atoms with E-state index in [9.17, 15) is 32.5 Å². The number of carbonyl (C=O) groups is 2. The van der Waals surface area contributed by atoms with Gasteiger partial charge in [-0.2, -0.15) is 0 Å². The Morgan fingerprint density at radius 3 is 2.00 bits per heavy atom.